The number of imide groups is 2. The van der Waals surface area contributed by atoms with E-state index >= 15 is 0 Å². The van der Waals surface area contributed by atoms with Crippen LogP contribution in [0.3, 0.4) is 0 Å². The Morgan fingerprint density at radius 3 is 2.22 bits per heavy atom. The van der Waals surface area contributed by atoms with Gasteiger partial charge in [0.1, 0.15) is 24.0 Å². The van der Waals surface area contributed by atoms with Gasteiger partial charge in [0.15, 0.2) is 0 Å². The van der Waals surface area contributed by atoms with E-state index in [-0.39, 0.29) is 53.4 Å². The Bertz CT molecular complexity index is 2230. The summed E-state index contributed by atoms with van der Waals surface area (Å²) in [4.78, 5) is 69.5. The third-order valence-corrected chi connectivity index (χ3v) is 13.4. The Hall–Kier alpha value is -5.45. The molecule has 2 N–H and O–H groups in total. The van der Waals surface area contributed by atoms with Gasteiger partial charge in [-0.3, -0.25) is 34.2 Å². The number of anilines is 2. The minimum absolute atomic E-state index is 0.0845. The van der Waals surface area contributed by atoms with Crippen molar-refractivity contribution in [2.45, 2.75) is 84.1 Å². The average molecular weight is 821 g/mol. The van der Waals surface area contributed by atoms with Crippen LogP contribution in [0.5, 0.6) is 5.75 Å². The first-order valence-corrected chi connectivity index (χ1v) is 20.8. The number of benzene rings is 3. The minimum Gasteiger partial charge on any atom is -0.489 e. The minimum atomic E-state index is -0.982. The number of piperidine rings is 2. The van der Waals surface area contributed by atoms with E-state index in [9.17, 15) is 29.2 Å². The van der Waals surface area contributed by atoms with Crippen molar-refractivity contribution in [1.29, 1.82) is 5.26 Å². The first-order chi connectivity index (χ1) is 28.1. The van der Waals surface area contributed by atoms with E-state index in [1.165, 1.54) is 0 Å². The molecule has 14 heteroatoms. The van der Waals surface area contributed by atoms with Crippen molar-refractivity contribution in [3.63, 3.8) is 0 Å². The second-order valence-electron chi connectivity index (χ2n) is 17.6. The first kappa shape index (κ1) is 40.3. The van der Waals surface area contributed by atoms with Gasteiger partial charge < -0.3 is 24.6 Å². The Kier molecular flexibility index (Phi) is 10.7. The molecule has 0 bridgehead atoms. The lowest BCUT2D eigenvalue weighted by atomic mass is 9.49. The zero-order valence-corrected chi connectivity index (χ0v) is 34.5. The number of rotatable bonds is 10. The second kappa shape index (κ2) is 15.6. The molecular formula is C45H49ClN6O7. The predicted octanol–water partition coefficient (Wildman–Crippen LogP) is 5.74. The van der Waals surface area contributed by atoms with Gasteiger partial charge in [0.05, 0.1) is 27.8 Å². The van der Waals surface area contributed by atoms with E-state index in [4.69, 9.17) is 21.1 Å². The molecule has 4 heterocycles. The zero-order chi connectivity index (χ0) is 41.8. The highest BCUT2D eigenvalue weighted by Crippen LogP contribution is 2.55. The van der Waals surface area contributed by atoms with Crippen molar-refractivity contribution in [3.8, 4) is 11.8 Å². The third kappa shape index (κ3) is 7.53. The van der Waals surface area contributed by atoms with E-state index in [0.29, 0.717) is 40.0 Å². The van der Waals surface area contributed by atoms with Gasteiger partial charge in [0.2, 0.25) is 11.8 Å². The fourth-order valence-corrected chi connectivity index (χ4v) is 10.2. The van der Waals surface area contributed by atoms with Crippen molar-refractivity contribution in [3.05, 3.63) is 87.9 Å². The summed E-state index contributed by atoms with van der Waals surface area (Å²) in [6, 6.07) is 19.1. The van der Waals surface area contributed by atoms with Gasteiger partial charge in [-0.2, -0.15) is 5.26 Å². The number of nitriles is 1. The number of fused-ring (bicyclic) bond motifs is 1. The SMILES string of the molecule is CC1(C)[C@H](NC(=O)c2ccc(N3CC[C@H](OCC4CCN(c5ccc6c(c5)C(=O)N(C5CCC(=O)NC5=O)C6=O)CC4)C3)cc2)C(C)(C)[C@H]1Oc1ccc(C#N)c(Cl)c1. The number of nitrogens with zero attached hydrogens (tertiary/aromatic N) is 4. The van der Waals surface area contributed by atoms with Gasteiger partial charge >= 0.3 is 0 Å². The average Bonchev–Trinajstić information content (AvgIpc) is 3.80. The molecule has 5 amide bonds. The van der Waals surface area contributed by atoms with E-state index < -0.39 is 29.7 Å². The first-order valence-electron chi connectivity index (χ1n) is 20.4. The molecule has 3 saturated heterocycles. The maximum absolute atomic E-state index is 13.5. The summed E-state index contributed by atoms with van der Waals surface area (Å²) in [6.45, 7) is 12.2. The predicted molar refractivity (Wildman–Crippen MR) is 220 cm³/mol. The molecule has 0 radical (unpaired) electrons. The molecule has 3 aromatic rings. The highest BCUT2D eigenvalue weighted by atomic mass is 35.5. The van der Waals surface area contributed by atoms with Crippen LogP contribution in [0.15, 0.2) is 60.7 Å². The summed E-state index contributed by atoms with van der Waals surface area (Å²) in [5, 5.41) is 15.1. The van der Waals surface area contributed by atoms with Gasteiger partial charge in [0, 0.05) is 79.1 Å². The van der Waals surface area contributed by atoms with Crippen molar-refractivity contribution in [1.82, 2.24) is 15.5 Å². The Morgan fingerprint density at radius 2 is 1.54 bits per heavy atom. The van der Waals surface area contributed by atoms with Crippen LogP contribution in [0.1, 0.15) is 96.4 Å². The van der Waals surface area contributed by atoms with E-state index in [1.54, 1.807) is 30.3 Å². The number of hydrogen-bond donors (Lipinski definition) is 2. The standard InChI is InChI=1S/C45H49ClN6O7/c1-44(2)42(45(3,4)43(44)59-31-11-7-28(23-47)35(46)22-31)49-38(54)27-5-8-29(9-6-27)51-20-17-32(24-51)58-25-26-15-18-50(19-16-26)30-10-12-33-34(21-30)41(57)52(40(33)56)36-13-14-37(53)48-39(36)55/h5-12,21-22,26,32,36,42-43H,13-20,24-25H2,1-4H3,(H,49,54)(H,48,53,55)/t32-,36?,42-,43-/m0/s1. The highest BCUT2D eigenvalue weighted by molar-refractivity contribution is 6.31. The number of nitrogens with one attached hydrogen (secondary N) is 2. The topological polar surface area (TPSA) is 161 Å². The van der Waals surface area contributed by atoms with Crippen LogP contribution in [-0.2, 0) is 14.3 Å². The van der Waals surface area contributed by atoms with Gasteiger partial charge in [-0.25, -0.2) is 0 Å². The smallest absolute Gasteiger partial charge is 0.262 e. The van der Waals surface area contributed by atoms with Crippen molar-refractivity contribution >= 4 is 52.5 Å². The monoisotopic (exact) mass is 820 g/mol. The van der Waals surface area contributed by atoms with Crippen LogP contribution in [0.4, 0.5) is 11.4 Å². The van der Waals surface area contributed by atoms with Crippen LogP contribution in [-0.4, -0.2) is 91.5 Å². The summed E-state index contributed by atoms with van der Waals surface area (Å²) in [6.07, 6.45) is 2.92. The number of carbonyl (C=O) groups is 5. The molecule has 4 aliphatic heterocycles. The quantitative estimate of drug-likeness (QED) is 0.242. The molecule has 0 spiro atoms. The molecule has 8 rings (SSSR count). The Labute approximate surface area is 348 Å². The van der Waals surface area contributed by atoms with Gasteiger partial charge in [0.25, 0.3) is 17.7 Å². The van der Waals surface area contributed by atoms with Crippen molar-refractivity contribution in [2.75, 3.05) is 42.6 Å². The molecular weight excluding hydrogens is 772 g/mol. The van der Waals surface area contributed by atoms with Crippen LogP contribution in [0, 0.1) is 28.1 Å². The molecule has 5 aliphatic rings. The molecule has 1 unspecified atom stereocenters. The molecule has 0 aromatic heterocycles. The zero-order valence-electron chi connectivity index (χ0n) is 33.8. The number of amides is 5. The Morgan fingerprint density at radius 1 is 0.864 bits per heavy atom. The largest absolute Gasteiger partial charge is 0.489 e. The second-order valence-corrected chi connectivity index (χ2v) is 18.1. The Balaban J connectivity index is 0.787. The summed E-state index contributed by atoms with van der Waals surface area (Å²) in [5.41, 5.74) is 2.76. The van der Waals surface area contributed by atoms with Crippen LogP contribution < -0.4 is 25.2 Å². The highest BCUT2D eigenvalue weighted by Gasteiger charge is 2.64. The number of hydrogen-bond acceptors (Lipinski definition) is 10. The van der Waals surface area contributed by atoms with E-state index in [1.807, 2.05) is 30.3 Å². The molecule has 59 heavy (non-hydrogen) atoms. The number of ether oxygens (including phenoxy) is 2. The van der Waals surface area contributed by atoms with Gasteiger partial charge in [-0.05, 0) is 86.2 Å². The van der Waals surface area contributed by atoms with Crippen molar-refractivity contribution < 1.29 is 33.4 Å². The lowest BCUT2D eigenvalue weighted by Crippen LogP contribution is -2.74. The summed E-state index contributed by atoms with van der Waals surface area (Å²) in [5.74, 6) is -1.15. The molecule has 13 nitrogen and oxygen atoms in total. The van der Waals surface area contributed by atoms with Crippen LogP contribution in [0.2, 0.25) is 5.02 Å². The maximum atomic E-state index is 13.5. The molecule has 1 aliphatic carbocycles. The third-order valence-electron chi connectivity index (χ3n) is 13.0. The summed E-state index contributed by atoms with van der Waals surface area (Å²) >= 11 is 6.25. The molecule has 1 saturated carbocycles. The molecule has 3 aromatic carbocycles. The molecule has 4 fully saturated rings. The maximum Gasteiger partial charge on any atom is 0.262 e. The molecule has 308 valence electrons. The number of halogens is 1. The normalized spacial score (nSPS) is 25.0. The fraction of sp³-hybridized carbons (Fsp3) is 0.467. The summed E-state index contributed by atoms with van der Waals surface area (Å²) in [7, 11) is 0. The van der Waals surface area contributed by atoms with Crippen LogP contribution in [0.25, 0.3) is 0 Å². The fourth-order valence-electron chi connectivity index (χ4n) is 10.0. The lowest BCUT2D eigenvalue weighted by Gasteiger charge is -2.63. The van der Waals surface area contributed by atoms with Crippen molar-refractivity contribution in [2.24, 2.45) is 16.7 Å². The van der Waals surface area contributed by atoms with E-state index in [0.717, 1.165) is 61.7 Å². The molecule has 2 atom stereocenters. The lowest BCUT2D eigenvalue weighted by molar-refractivity contribution is -0.164. The van der Waals surface area contributed by atoms with Crippen LogP contribution >= 0.6 is 11.6 Å². The summed E-state index contributed by atoms with van der Waals surface area (Å²) < 4.78 is 12.8. The number of carbonyl (C=O) groups excluding carboxylic acids is 5. The van der Waals surface area contributed by atoms with Gasteiger partial charge in [-0.1, -0.05) is 39.3 Å². The van der Waals surface area contributed by atoms with Gasteiger partial charge in [-0.15, -0.1) is 0 Å². The van der Waals surface area contributed by atoms with E-state index in [2.05, 4.69) is 54.2 Å².